The average Bonchev–Trinajstić information content (AvgIpc) is 2.39. The molecule has 1 rings (SSSR count). The number of halogens is 1. The Kier molecular flexibility index (Phi) is 5.57. The number of hydrogen-bond acceptors (Lipinski definition) is 1. The molecule has 0 aromatic heterocycles. The zero-order valence-electron chi connectivity index (χ0n) is 9.26. The summed E-state index contributed by atoms with van der Waals surface area (Å²) < 4.78 is 5.10. The highest BCUT2D eigenvalue weighted by atomic mass is 35.5. The van der Waals surface area contributed by atoms with Gasteiger partial charge in [-0.2, -0.15) is 0 Å². The van der Waals surface area contributed by atoms with Crippen molar-refractivity contribution in [3.8, 4) is 0 Å². The van der Waals surface area contributed by atoms with Gasteiger partial charge in [-0.25, -0.2) is 0 Å². The van der Waals surface area contributed by atoms with Crippen molar-refractivity contribution in [2.75, 3.05) is 13.7 Å². The molecule has 14 heavy (non-hydrogen) atoms. The molecule has 0 fully saturated rings. The highest BCUT2D eigenvalue weighted by Gasteiger charge is 2.14. The third kappa shape index (κ3) is 4.02. The minimum absolute atomic E-state index is 0.262. The maximum atomic E-state index is 6.19. The van der Waals surface area contributed by atoms with E-state index in [0.717, 1.165) is 19.4 Å². The first kappa shape index (κ1) is 12.1. The van der Waals surface area contributed by atoms with Gasteiger partial charge in [0.25, 0.3) is 0 Å². The molecule has 1 aliphatic rings. The average molecular weight is 217 g/mol. The lowest BCUT2D eigenvalue weighted by molar-refractivity contribution is 0.184. The maximum Gasteiger partial charge on any atom is 0.0518 e. The summed E-state index contributed by atoms with van der Waals surface area (Å²) in [5, 5.41) is 0.262. The third-order valence-electron chi connectivity index (χ3n) is 2.98. The molecule has 0 spiro atoms. The Hall–Kier alpha value is -0.0100. The van der Waals surface area contributed by atoms with Crippen LogP contribution >= 0.6 is 11.6 Å². The third-order valence-corrected chi connectivity index (χ3v) is 3.32. The van der Waals surface area contributed by atoms with Crippen LogP contribution in [0.5, 0.6) is 0 Å². The summed E-state index contributed by atoms with van der Waals surface area (Å²) in [6.07, 6.45) is 8.33. The minimum atomic E-state index is 0.262. The molecule has 0 bridgehead atoms. The molecule has 0 saturated carbocycles. The Balaban J connectivity index is 2.46. The van der Waals surface area contributed by atoms with E-state index in [-0.39, 0.29) is 5.38 Å². The van der Waals surface area contributed by atoms with E-state index in [0.29, 0.717) is 5.92 Å². The summed E-state index contributed by atoms with van der Waals surface area (Å²) in [5.41, 5.74) is 1.54. The van der Waals surface area contributed by atoms with Crippen LogP contribution < -0.4 is 0 Å². The Labute approximate surface area is 92.5 Å². The molecule has 0 saturated heterocycles. The zero-order chi connectivity index (χ0) is 10.4. The van der Waals surface area contributed by atoms with Crippen molar-refractivity contribution < 1.29 is 4.74 Å². The first-order valence-electron chi connectivity index (χ1n) is 5.57. The summed E-state index contributed by atoms with van der Waals surface area (Å²) in [7, 11) is 1.76. The van der Waals surface area contributed by atoms with E-state index >= 15 is 0 Å². The van der Waals surface area contributed by atoms with Crippen LogP contribution in [0.25, 0.3) is 0 Å². The van der Waals surface area contributed by atoms with Crippen LogP contribution in [-0.2, 0) is 4.74 Å². The highest BCUT2D eigenvalue weighted by molar-refractivity contribution is 6.21. The molecule has 0 amide bonds. The van der Waals surface area contributed by atoms with Gasteiger partial charge in [-0.3, -0.25) is 0 Å². The van der Waals surface area contributed by atoms with Crippen molar-refractivity contribution in [2.45, 2.75) is 44.4 Å². The first-order valence-corrected chi connectivity index (χ1v) is 6.01. The van der Waals surface area contributed by atoms with Gasteiger partial charge in [0.05, 0.1) is 5.38 Å². The van der Waals surface area contributed by atoms with Crippen molar-refractivity contribution in [2.24, 2.45) is 5.92 Å². The van der Waals surface area contributed by atoms with Crippen LogP contribution in [-0.4, -0.2) is 19.1 Å². The summed E-state index contributed by atoms with van der Waals surface area (Å²) >= 11 is 6.19. The lowest BCUT2D eigenvalue weighted by atomic mass is 9.94. The second-order valence-corrected chi connectivity index (χ2v) is 4.75. The van der Waals surface area contributed by atoms with Crippen LogP contribution in [0, 0.1) is 5.92 Å². The van der Waals surface area contributed by atoms with Crippen molar-refractivity contribution in [3.05, 3.63) is 11.6 Å². The van der Waals surface area contributed by atoms with E-state index in [9.17, 15) is 0 Å². The summed E-state index contributed by atoms with van der Waals surface area (Å²) in [4.78, 5) is 0. The number of hydrogen-bond donors (Lipinski definition) is 0. The standard InChI is InChI=1S/C12H21ClO/c1-10(7-8-14-2)11-5-3-4-6-12(13)9-11/h9-10,12H,3-8H2,1-2H3. The van der Waals surface area contributed by atoms with Gasteiger partial charge in [0.1, 0.15) is 0 Å². The second-order valence-electron chi connectivity index (χ2n) is 4.19. The quantitative estimate of drug-likeness (QED) is 0.514. The van der Waals surface area contributed by atoms with Gasteiger partial charge in [0, 0.05) is 13.7 Å². The van der Waals surface area contributed by atoms with Crippen LogP contribution in [0.3, 0.4) is 0 Å². The molecule has 82 valence electrons. The lowest BCUT2D eigenvalue weighted by Gasteiger charge is -2.14. The Morgan fingerprint density at radius 1 is 1.57 bits per heavy atom. The minimum Gasteiger partial charge on any atom is -0.385 e. The van der Waals surface area contributed by atoms with E-state index in [1.165, 1.54) is 19.3 Å². The van der Waals surface area contributed by atoms with E-state index in [1.54, 1.807) is 12.7 Å². The van der Waals surface area contributed by atoms with Crippen molar-refractivity contribution in [1.29, 1.82) is 0 Å². The normalized spacial score (nSPS) is 25.4. The fourth-order valence-corrected chi connectivity index (χ4v) is 2.27. The molecule has 1 aliphatic carbocycles. The molecule has 2 heteroatoms. The van der Waals surface area contributed by atoms with Crippen molar-refractivity contribution in [1.82, 2.24) is 0 Å². The number of ether oxygens (including phenoxy) is 1. The van der Waals surface area contributed by atoms with E-state index < -0.39 is 0 Å². The molecule has 1 nitrogen and oxygen atoms in total. The SMILES string of the molecule is COCCC(C)C1=CC(Cl)CCCC1. The topological polar surface area (TPSA) is 9.23 Å². The van der Waals surface area contributed by atoms with Gasteiger partial charge in [-0.15, -0.1) is 11.6 Å². The second kappa shape index (κ2) is 6.47. The van der Waals surface area contributed by atoms with E-state index in [1.807, 2.05) is 0 Å². The molecule has 2 unspecified atom stereocenters. The zero-order valence-corrected chi connectivity index (χ0v) is 10.0. The highest BCUT2D eigenvalue weighted by Crippen LogP contribution is 2.27. The predicted octanol–water partition coefficient (Wildman–Crippen LogP) is 3.77. The van der Waals surface area contributed by atoms with Gasteiger partial charge in [0.2, 0.25) is 0 Å². The van der Waals surface area contributed by atoms with Gasteiger partial charge >= 0.3 is 0 Å². The van der Waals surface area contributed by atoms with E-state index in [2.05, 4.69) is 13.0 Å². The van der Waals surface area contributed by atoms with Crippen LogP contribution in [0.15, 0.2) is 11.6 Å². The van der Waals surface area contributed by atoms with Crippen LogP contribution in [0.1, 0.15) is 39.0 Å². The lowest BCUT2D eigenvalue weighted by Crippen LogP contribution is -2.04. The van der Waals surface area contributed by atoms with Gasteiger partial charge < -0.3 is 4.74 Å². The molecule has 0 radical (unpaired) electrons. The fourth-order valence-electron chi connectivity index (χ4n) is 1.96. The summed E-state index contributed by atoms with van der Waals surface area (Å²) in [6.45, 7) is 3.13. The molecule has 0 aromatic rings. The summed E-state index contributed by atoms with van der Waals surface area (Å²) in [5.74, 6) is 0.634. The largest absolute Gasteiger partial charge is 0.385 e. The number of methoxy groups -OCH3 is 1. The summed E-state index contributed by atoms with van der Waals surface area (Å²) in [6, 6.07) is 0. The maximum absolute atomic E-state index is 6.19. The monoisotopic (exact) mass is 216 g/mol. The number of allylic oxidation sites excluding steroid dienone is 2. The number of alkyl halides is 1. The molecule has 2 atom stereocenters. The Morgan fingerprint density at radius 3 is 3.07 bits per heavy atom. The van der Waals surface area contributed by atoms with E-state index in [4.69, 9.17) is 16.3 Å². The molecule has 0 aliphatic heterocycles. The Morgan fingerprint density at radius 2 is 2.36 bits per heavy atom. The predicted molar refractivity (Wildman–Crippen MR) is 61.8 cm³/mol. The van der Waals surface area contributed by atoms with Crippen LogP contribution in [0.4, 0.5) is 0 Å². The van der Waals surface area contributed by atoms with Crippen LogP contribution in [0.2, 0.25) is 0 Å². The van der Waals surface area contributed by atoms with Gasteiger partial charge in [-0.1, -0.05) is 25.0 Å². The molecular formula is C12H21ClO. The number of rotatable bonds is 4. The Bertz CT molecular complexity index is 189. The van der Waals surface area contributed by atoms with Gasteiger partial charge in [-0.05, 0) is 31.6 Å². The molecule has 0 aromatic carbocycles. The fraction of sp³-hybridized carbons (Fsp3) is 0.833. The van der Waals surface area contributed by atoms with Crippen molar-refractivity contribution >= 4 is 11.6 Å². The molecular weight excluding hydrogens is 196 g/mol. The first-order chi connectivity index (χ1) is 6.74. The molecule has 0 N–H and O–H groups in total. The smallest absolute Gasteiger partial charge is 0.0518 e. The molecule has 0 heterocycles. The van der Waals surface area contributed by atoms with Crippen molar-refractivity contribution in [3.63, 3.8) is 0 Å². The van der Waals surface area contributed by atoms with Gasteiger partial charge in [0.15, 0.2) is 0 Å².